The fraction of sp³-hybridized carbons (Fsp3) is 0.419. The number of piperidine rings is 1. The molecule has 1 aromatic heterocycles. The normalized spacial score (nSPS) is 20.6. The van der Waals surface area contributed by atoms with Crippen molar-refractivity contribution >= 4 is 17.5 Å². The van der Waals surface area contributed by atoms with Crippen molar-refractivity contribution in [2.75, 3.05) is 37.3 Å². The molecule has 2 heterocycles. The summed E-state index contributed by atoms with van der Waals surface area (Å²) in [5.74, 6) is 9.02. The lowest BCUT2D eigenvalue weighted by molar-refractivity contribution is 0.111. The fourth-order valence-corrected chi connectivity index (χ4v) is 5.23. The van der Waals surface area contributed by atoms with E-state index < -0.39 is 0 Å². The smallest absolute Gasteiger partial charge is 0.229 e. The second kappa shape index (κ2) is 12.2. The van der Waals surface area contributed by atoms with E-state index in [-0.39, 0.29) is 6.10 Å². The maximum Gasteiger partial charge on any atom is 0.229 e. The minimum absolute atomic E-state index is 0.128. The highest BCUT2D eigenvalue weighted by Crippen LogP contribution is 2.33. The Morgan fingerprint density at radius 1 is 0.892 bits per heavy atom. The van der Waals surface area contributed by atoms with E-state index in [1.807, 2.05) is 60.8 Å². The largest absolute Gasteiger partial charge is 0.393 e. The Kier molecular flexibility index (Phi) is 8.35. The number of benzene rings is 2. The summed E-state index contributed by atoms with van der Waals surface area (Å²) < 4.78 is 0. The van der Waals surface area contributed by atoms with E-state index in [0.717, 1.165) is 80.8 Å². The molecule has 2 aliphatic rings. The van der Waals surface area contributed by atoms with Gasteiger partial charge in [-0.2, -0.15) is 4.98 Å². The molecule has 1 aliphatic carbocycles. The number of aliphatic hydroxyl groups is 1. The fourth-order valence-electron chi connectivity index (χ4n) is 5.23. The van der Waals surface area contributed by atoms with Crippen LogP contribution in [-0.4, -0.2) is 52.8 Å². The molecule has 1 saturated heterocycles. The van der Waals surface area contributed by atoms with E-state index >= 15 is 0 Å². The van der Waals surface area contributed by atoms with E-state index in [9.17, 15) is 5.11 Å². The summed E-state index contributed by atoms with van der Waals surface area (Å²) in [6, 6.07) is 18.1. The Hall–Kier alpha value is -3.40. The van der Waals surface area contributed by atoms with Gasteiger partial charge in [-0.25, -0.2) is 4.98 Å². The number of aromatic nitrogens is 2. The van der Waals surface area contributed by atoms with Crippen LogP contribution in [-0.2, 0) is 0 Å². The van der Waals surface area contributed by atoms with Gasteiger partial charge in [0.05, 0.1) is 6.10 Å². The first-order chi connectivity index (χ1) is 18.1. The van der Waals surface area contributed by atoms with Crippen LogP contribution in [0.25, 0.3) is 0 Å². The summed E-state index contributed by atoms with van der Waals surface area (Å²) in [4.78, 5) is 12.0. The standard InChI is InChI=1S/C31H37N5O/c1-36-19-17-26(18-20-36)29-22-33-31(35-30(29)32-21-25-11-15-28(37)16-12-25)34-27-13-9-24(10-14-27)8-7-23-5-3-2-4-6-23/h2-6,9-10,13-14,22,25-26,28,37H,11-12,15-21H2,1H3,(H2,32,33,34,35). The highest BCUT2D eigenvalue weighted by atomic mass is 16.3. The van der Waals surface area contributed by atoms with Crippen molar-refractivity contribution in [1.29, 1.82) is 0 Å². The number of aliphatic hydroxyl groups excluding tert-OH is 1. The lowest BCUT2D eigenvalue weighted by Crippen LogP contribution is -2.30. The second-order valence-corrected chi connectivity index (χ2v) is 10.4. The molecule has 0 unspecified atom stereocenters. The first kappa shape index (κ1) is 25.3. The topological polar surface area (TPSA) is 73.3 Å². The molecule has 1 saturated carbocycles. The molecule has 3 aromatic rings. The number of rotatable bonds is 6. The van der Waals surface area contributed by atoms with E-state index in [0.29, 0.717) is 17.8 Å². The molecule has 2 fully saturated rings. The van der Waals surface area contributed by atoms with Gasteiger partial charge in [0.2, 0.25) is 5.95 Å². The number of nitrogens with one attached hydrogen (secondary N) is 2. The second-order valence-electron chi connectivity index (χ2n) is 10.4. The van der Waals surface area contributed by atoms with Gasteiger partial charge in [-0.05, 0) is 107 Å². The van der Waals surface area contributed by atoms with Crippen molar-refractivity contribution in [2.45, 2.75) is 50.5 Å². The predicted octanol–water partition coefficient (Wildman–Crippen LogP) is 5.39. The molecule has 0 amide bonds. The Balaban J connectivity index is 1.28. The average molecular weight is 496 g/mol. The minimum Gasteiger partial charge on any atom is -0.393 e. The van der Waals surface area contributed by atoms with Crippen molar-refractivity contribution < 1.29 is 5.11 Å². The van der Waals surface area contributed by atoms with E-state index in [1.165, 1.54) is 5.56 Å². The molecule has 1 aliphatic heterocycles. The predicted molar refractivity (Wildman–Crippen MR) is 150 cm³/mol. The van der Waals surface area contributed by atoms with E-state index in [1.54, 1.807) is 0 Å². The molecular formula is C31H37N5O. The summed E-state index contributed by atoms with van der Waals surface area (Å²) in [5, 5.41) is 16.9. The molecule has 2 aromatic carbocycles. The van der Waals surface area contributed by atoms with Gasteiger partial charge in [-0.15, -0.1) is 0 Å². The summed E-state index contributed by atoms with van der Waals surface area (Å²) >= 11 is 0. The van der Waals surface area contributed by atoms with Crippen molar-refractivity contribution in [3.8, 4) is 11.8 Å². The quantitative estimate of drug-likeness (QED) is 0.398. The zero-order chi connectivity index (χ0) is 25.5. The molecule has 0 bridgehead atoms. The number of anilines is 3. The third-order valence-corrected chi connectivity index (χ3v) is 7.62. The molecular weight excluding hydrogens is 458 g/mol. The molecule has 0 radical (unpaired) electrons. The molecule has 0 spiro atoms. The van der Waals surface area contributed by atoms with Crippen LogP contribution in [0.5, 0.6) is 0 Å². The minimum atomic E-state index is -0.128. The van der Waals surface area contributed by atoms with Gasteiger partial charge in [-0.1, -0.05) is 30.0 Å². The zero-order valence-corrected chi connectivity index (χ0v) is 21.7. The summed E-state index contributed by atoms with van der Waals surface area (Å²) in [7, 11) is 2.19. The van der Waals surface area contributed by atoms with Gasteiger partial charge in [0.15, 0.2) is 0 Å². The Morgan fingerprint density at radius 2 is 1.57 bits per heavy atom. The highest BCUT2D eigenvalue weighted by molar-refractivity contribution is 5.58. The van der Waals surface area contributed by atoms with Crippen LogP contribution in [0.3, 0.4) is 0 Å². The molecule has 0 atom stereocenters. The first-order valence-corrected chi connectivity index (χ1v) is 13.5. The maximum atomic E-state index is 9.86. The van der Waals surface area contributed by atoms with Crippen molar-refractivity contribution in [3.63, 3.8) is 0 Å². The Morgan fingerprint density at radius 3 is 2.27 bits per heavy atom. The van der Waals surface area contributed by atoms with Gasteiger partial charge >= 0.3 is 0 Å². The van der Waals surface area contributed by atoms with Crippen LogP contribution in [0.1, 0.15) is 61.1 Å². The molecule has 3 N–H and O–H groups in total. The molecule has 5 rings (SSSR count). The van der Waals surface area contributed by atoms with Gasteiger partial charge in [-0.3, -0.25) is 0 Å². The van der Waals surface area contributed by atoms with Crippen LogP contribution < -0.4 is 10.6 Å². The van der Waals surface area contributed by atoms with Crippen LogP contribution >= 0.6 is 0 Å². The summed E-state index contributed by atoms with van der Waals surface area (Å²) in [6.07, 6.45) is 8.06. The van der Waals surface area contributed by atoms with Crippen molar-refractivity contribution in [2.24, 2.45) is 5.92 Å². The first-order valence-electron chi connectivity index (χ1n) is 13.5. The Labute approximate surface area is 220 Å². The van der Waals surface area contributed by atoms with E-state index in [4.69, 9.17) is 9.97 Å². The number of hydrogen-bond acceptors (Lipinski definition) is 6. The Bertz CT molecular complexity index is 1200. The van der Waals surface area contributed by atoms with E-state index in [2.05, 4.69) is 34.4 Å². The summed E-state index contributed by atoms with van der Waals surface area (Å²) in [6.45, 7) is 3.09. The molecule has 192 valence electrons. The molecule has 37 heavy (non-hydrogen) atoms. The number of likely N-dealkylation sites (tertiary alicyclic amines) is 1. The van der Waals surface area contributed by atoms with Gasteiger partial charge in [0.25, 0.3) is 0 Å². The molecule has 6 nitrogen and oxygen atoms in total. The van der Waals surface area contributed by atoms with Crippen molar-refractivity contribution in [3.05, 3.63) is 77.5 Å². The summed E-state index contributed by atoms with van der Waals surface area (Å²) in [5.41, 5.74) is 4.13. The zero-order valence-electron chi connectivity index (χ0n) is 21.7. The SMILES string of the molecule is CN1CCC(c2cnc(Nc3ccc(C#Cc4ccccc4)cc3)nc2NCC2CCC(O)CC2)CC1. The molecule has 6 heteroatoms. The maximum absolute atomic E-state index is 9.86. The number of hydrogen-bond donors (Lipinski definition) is 3. The number of nitrogens with zero attached hydrogens (tertiary/aromatic N) is 3. The van der Waals surface area contributed by atoms with Gasteiger partial charge in [0, 0.05) is 35.1 Å². The van der Waals surface area contributed by atoms with Crippen LogP contribution in [0.2, 0.25) is 0 Å². The third-order valence-electron chi connectivity index (χ3n) is 7.62. The highest BCUT2D eigenvalue weighted by Gasteiger charge is 2.24. The van der Waals surface area contributed by atoms with Crippen LogP contribution in [0.15, 0.2) is 60.8 Å². The lowest BCUT2D eigenvalue weighted by atomic mass is 9.87. The average Bonchev–Trinajstić information content (AvgIpc) is 2.94. The lowest BCUT2D eigenvalue weighted by Gasteiger charge is -2.30. The van der Waals surface area contributed by atoms with Crippen LogP contribution in [0.4, 0.5) is 17.5 Å². The third kappa shape index (κ3) is 7.09. The van der Waals surface area contributed by atoms with Gasteiger partial charge < -0.3 is 20.6 Å². The van der Waals surface area contributed by atoms with Crippen LogP contribution in [0, 0.1) is 17.8 Å². The van der Waals surface area contributed by atoms with Crippen molar-refractivity contribution in [1.82, 2.24) is 14.9 Å². The monoisotopic (exact) mass is 495 g/mol. The van der Waals surface area contributed by atoms with Gasteiger partial charge in [0.1, 0.15) is 5.82 Å².